The van der Waals surface area contributed by atoms with Crippen molar-refractivity contribution in [2.45, 2.75) is 273 Å². The number of methoxy groups -OCH3 is 1. The summed E-state index contributed by atoms with van der Waals surface area (Å²) in [5.74, 6) is -3.28. The van der Waals surface area contributed by atoms with Crippen molar-refractivity contribution < 1.29 is 157 Å². The van der Waals surface area contributed by atoms with Crippen LogP contribution in [0.3, 0.4) is 0 Å². The Balaban J connectivity index is -0.000000239. The monoisotopic (exact) mass is 2460 g/mol. The van der Waals surface area contributed by atoms with Crippen LogP contribution in [0.4, 0.5) is 0 Å². The molecule has 7 aromatic carbocycles. The Labute approximate surface area is 920 Å². The van der Waals surface area contributed by atoms with E-state index in [0.29, 0.717) is 16.2 Å². The van der Waals surface area contributed by atoms with E-state index in [-0.39, 0.29) is 106 Å². The van der Waals surface area contributed by atoms with Gasteiger partial charge in [-0.15, -0.1) is 24.4 Å². The first-order valence-corrected chi connectivity index (χ1v) is 62.9. The van der Waals surface area contributed by atoms with Gasteiger partial charge in [-0.3, -0.25) is 28.3 Å². The second kappa shape index (κ2) is 76.2. The number of esters is 1. The van der Waals surface area contributed by atoms with E-state index < -0.39 is 122 Å². The molecule has 144 heavy (non-hydrogen) atoms. The first-order chi connectivity index (χ1) is 65.3. The number of carboxylic acid groups (broad SMARTS) is 3. The van der Waals surface area contributed by atoms with E-state index in [1.54, 1.807) is 172 Å². The molecule has 34 nitrogen and oxygen atoms in total. The maximum Gasteiger partial charge on any atom is 1.00 e. The Hall–Kier alpha value is -6.36. The Morgan fingerprint density at radius 1 is 0.486 bits per heavy atom. The number of benzene rings is 7. The molecular weight excluding hydrogens is 2320 g/mol. The summed E-state index contributed by atoms with van der Waals surface area (Å²) in [5.41, 5.74) is 29.4. The van der Waals surface area contributed by atoms with Gasteiger partial charge in [0.25, 0.3) is 10.1 Å². The number of aliphatic hydroxyl groups excluding tert-OH is 3. The molecule has 0 amide bonds. The van der Waals surface area contributed by atoms with E-state index in [4.69, 9.17) is 52.0 Å². The fraction of sp³-hybridized carbons (Fsp3) is 0.490. The van der Waals surface area contributed by atoms with Crippen molar-refractivity contribution in [2.75, 3.05) is 66.3 Å². The number of thiol groups is 1. The molecule has 0 bridgehead atoms. The van der Waals surface area contributed by atoms with E-state index in [1.807, 2.05) is 109 Å². The van der Waals surface area contributed by atoms with Gasteiger partial charge >= 0.3 is 53.4 Å². The number of azide groups is 1. The van der Waals surface area contributed by atoms with Gasteiger partial charge in [0.15, 0.2) is 49.2 Å². The third-order valence-corrected chi connectivity index (χ3v) is 32.9. The Kier molecular flexibility index (Phi) is 80.9. The van der Waals surface area contributed by atoms with Crippen molar-refractivity contribution in [3.8, 4) is 0 Å². The van der Waals surface area contributed by atoms with Gasteiger partial charge in [-0.05, 0) is 314 Å². The van der Waals surface area contributed by atoms with Crippen molar-refractivity contribution in [1.82, 2.24) is 0 Å². The number of rotatable bonds is 28. The van der Waals surface area contributed by atoms with Gasteiger partial charge in [0.2, 0.25) is 14.3 Å². The summed E-state index contributed by atoms with van der Waals surface area (Å²) >= 11 is 14.6. The predicted molar refractivity (Wildman–Crippen MR) is 592 cm³/mol. The van der Waals surface area contributed by atoms with Crippen molar-refractivity contribution in [3.05, 3.63) is 247 Å². The van der Waals surface area contributed by atoms with Crippen LogP contribution in [0.1, 0.15) is 201 Å². The van der Waals surface area contributed by atoms with Crippen molar-refractivity contribution in [2.24, 2.45) is 5.11 Å². The number of halogens is 4. The molecule has 0 atom stereocenters. The number of allylic oxidation sites excluding steroid dienone is 1. The fourth-order valence-corrected chi connectivity index (χ4v) is 20.5. The van der Waals surface area contributed by atoms with E-state index in [0.717, 1.165) is 76.0 Å². The van der Waals surface area contributed by atoms with Crippen LogP contribution < -0.4 is 29.6 Å². The van der Waals surface area contributed by atoms with Crippen molar-refractivity contribution in [3.63, 3.8) is 0 Å². The molecule has 0 radical (unpaired) electrons. The van der Waals surface area contributed by atoms with Crippen LogP contribution in [0, 0.1) is 48.5 Å². The zero-order valence-corrected chi connectivity index (χ0v) is 102. The molecule has 7 aromatic rings. The number of carbonyl (C=O) groups excluding carboxylic acids is 2. The molecule has 0 aromatic heterocycles. The summed E-state index contributed by atoms with van der Waals surface area (Å²) in [6.07, 6.45) is 5.81. The molecule has 1 fully saturated rings. The molecule has 6 N–H and O–H groups in total. The minimum absolute atomic E-state index is 0. The van der Waals surface area contributed by atoms with Crippen LogP contribution in [0.15, 0.2) is 221 Å². The molecule has 0 unspecified atom stereocenters. The third-order valence-electron chi connectivity index (χ3n) is 18.3. The Bertz CT molecular complexity index is 5990. The predicted octanol–water partition coefficient (Wildman–Crippen LogP) is 18.9. The normalized spacial score (nSPS) is 11.5. The quantitative estimate of drug-likeness (QED) is 0.00205. The van der Waals surface area contributed by atoms with Gasteiger partial charge in [0, 0.05) is 120 Å². The zero-order chi connectivity index (χ0) is 113. The maximum atomic E-state index is 12.6. The SMILES string of the molecule is C1CCOC1.CC(=O)Cl.CC(C)=CC(=O)O.CCO.CO.COC(=O)CC(C)(C)S(=O)(=O)c1cccc(C)c1.CS(=O)(=O)Cl.Cc1cccc(S(=O)(=O)C(C)(C)CC(=O)O)c1.Cc1cccc(S(=O)(=O)C(C)(C)CCN=[N+]=[N-])c1.Cc1cccc(S(=O)(=O)C(C)(C)CCO)c1.Cc1cccc(S(=O)(=O)C(C)(C)CCOS(C)(=O)=O)c1.Cc1cccc(S)c1.Cc1cccc(SC(C)(C)CC(=O)O)c1.II.[N-]=[N+]=[N-].[Na+]. The molecule has 1 aliphatic rings. The van der Waals surface area contributed by atoms with Gasteiger partial charge in [0.05, 0.1) is 93.7 Å². The van der Waals surface area contributed by atoms with Gasteiger partial charge in [-0.2, -0.15) is 8.42 Å². The van der Waals surface area contributed by atoms with Crippen LogP contribution in [0.2, 0.25) is 0 Å². The summed E-state index contributed by atoms with van der Waals surface area (Å²) < 4.78 is 173. The third kappa shape index (κ3) is 69.8. The molecular formula is C96H145Cl2I2N6NaO28S9. The molecule has 0 saturated carbocycles. The van der Waals surface area contributed by atoms with E-state index in [2.05, 4.69) is 110 Å². The molecule has 48 heteroatoms. The average molecular weight is 2470 g/mol. The molecule has 0 aliphatic carbocycles. The van der Waals surface area contributed by atoms with Crippen molar-refractivity contribution in [1.29, 1.82) is 0 Å². The number of carbonyl (C=O) groups is 5. The first-order valence-electron chi connectivity index (χ1n) is 43.1. The Morgan fingerprint density at radius 3 is 0.979 bits per heavy atom. The summed E-state index contributed by atoms with van der Waals surface area (Å²) in [7, 11) is -17.6. The van der Waals surface area contributed by atoms with E-state index in [1.165, 1.54) is 82.8 Å². The first kappa shape index (κ1) is 153. The van der Waals surface area contributed by atoms with Crippen LogP contribution in [0.5, 0.6) is 0 Å². The molecule has 1 aliphatic heterocycles. The number of hydrogen-bond acceptors (Lipinski definition) is 28. The minimum atomic E-state index is -3.64. The number of aliphatic carboxylic acids is 3. The largest absolute Gasteiger partial charge is 1.00 e. The Morgan fingerprint density at radius 2 is 0.757 bits per heavy atom. The van der Waals surface area contributed by atoms with Crippen molar-refractivity contribution >= 4 is 181 Å². The summed E-state index contributed by atoms with van der Waals surface area (Å²) in [5, 5.41) is 52.0. The molecule has 810 valence electrons. The number of aliphatic hydroxyl groups is 3. The van der Waals surface area contributed by atoms with Gasteiger partial charge in [0.1, 0.15) is 0 Å². The number of ether oxygens (including phenoxy) is 2. The number of carboxylic acids is 3. The number of hydrogen-bond donors (Lipinski definition) is 7. The smallest absolute Gasteiger partial charge is 0.481 e. The summed E-state index contributed by atoms with van der Waals surface area (Å²) in [4.78, 5) is 59.2. The van der Waals surface area contributed by atoms with E-state index >= 15 is 0 Å². The minimum Gasteiger partial charge on any atom is -0.481 e. The van der Waals surface area contributed by atoms with Gasteiger partial charge < -0.3 is 51.2 Å². The van der Waals surface area contributed by atoms with Crippen LogP contribution in [0.25, 0.3) is 26.4 Å². The molecule has 1 heterocycles. The second-order valence-electron chi connectivity index (χ2n) is 34.7. The van der Waals surface area contributed by atoms with Crippen LogP contribution >= 0.6 is 83.9 Å². The molecule has 8 rings (SSSR count). The standard InChI is InChI=1S/C13H20O5S2.C13H18O4S.C12H17N3O2S.C12H16O4S.C12H18O3S.C12H16O2S.C7H8S.C5H8O2.C4H8O.C2H3ClO.C2H6O.CH3ClO2S.CH4O.I2.N3.Na/c1-11-6-5-7-12(10-11)20(16,17)13(2,3)8-9-18-19(4,14)15;1-10-6-5-7-11(8-10)18(15,16)13(2,3)9-12(14)17-4;1-10-5-4-6-11(9-10)18(16,17)12(2,3)7-8-14-15-13;1-9-5-4-6-10(7-9)17(15,16)12(2,3)8-11(13)14;1-10-5-4-6-11(9-10)16(14,15)12(2,3)7-8-13;1-9-5-4-6-10(7-9)15-12(2,3)8-11(13)14;1-6-3-2-4-7(8)5-6;1-4(2)3-5(6)7;1-2-4-5-3-1;1-2(3)4;1-2-3;1-5(2,3)4;2*1-2;1-3-2;/h5-7,10H,8-9H2,1-4H3;5-8H,9H2,1-4H3;4-6,9H,7-8H2,1-3H3;4-7H,8H2,1-3H3,(H,13,14);4-6,9,13H,7-8H2,1-3H3;4-7H,8H2,1-3H3,(H,13,14);2-5,8H,1H3;3H,1-2H3,(H,6,7);1-4H2;1H3;3H,2H2,1H3;1H3;2H,1H3;;;/q;;;;;;;;;;;;;;-1;+1. The number of thioether (sulfide) groups is 1. The average Bonchev–Trinajstić information content (AvgIpc) is 0.924. The van der Waals surface area contributed by atoms with Crippen LogP contribution in [-0.4, -0.2) is 213 Å². The molecule has 0 spiro atoms. The number of nitrogens with zero attached hydrogens (tertiary/aromatic N) is 6. The van der Waals surface area contributed by atoms with Gasteiger partial charge in [-0.25, -0.2) is 55.3 Å². The number of aryl methyl sites for hydroxylation is 7. The molecule has 1 saturated heterocycles. The number of sulfone groups is 5. The van der Waals surface area contributed by atoms with Gasteiger partial charge in [-0.1, -0.05) is 107 Å². The zero-order valence-electron chi connectivity index (χ0n) is 87.2. The summed E-state index contributed by atoms with van der Waals surface area (Å²) in [6.45, 7) is 41.4. The van der Waals surface area contributed by atoms with Crippen LogP contribution in [-0.2, 0) is 106 Å². The fourth-order valence-electron chi connectivity index (χ4n) is 10.7. The van der Waals surface area contributed by atoms with E-state index in [9.17, 15) is 82.9 Å². The topological polar surface area (TPSA) is 581 Å². The summed E-state index contributed by atoms with van der Waals surface area (Å²) in [6, 6.07) is 49.7. The maximum absolute atomic E-state index is 12.6. The second-order valence-corrected chi connectivity index (χ2v) is 55.1.